The van der Waals surface area contributed by atoms with E-state index in [1.165, 1.54) is 0 Å². The number of imide groups is 1. The van der Waals surface area contributed by atoms with Gasteiger partial charge in [0.05, 0.1) is 41.9 Å². The third kappa shape index (κ3) is 3.82. The van der Waals surface area contributed by atoms with Crippen LogP contribution in [-0.4, -0.2) is 77.4 Å². The lowest BCUT2D eigenvalue weighted by molar-refractivity contribution is 0.0371. The third-order valence-corrected chi connectivity index (χ3v) is 8.96. The summed E-state index contributed by atoms with van der Waals surface area (Å²) in [5.41, 5.74) is 4.63. The van der Waals surface area contributed by atoms with E-state index in [4.69, 9.17) is 9.47 Å². The number of amides is 3. The lowest BCUT2D eigenvalue weighted by Gasteiger charge is -2.26. The Morgan fingerprint density at radius 1 is 0.881 bits per heavy atom. The molecule has 2 N–H and O–H groups in total. The van der Waals surface area contributed by atoms with Gasteiger partial charge in [0.1, 0.15) is 6.10 Å². The molecule has 0 saturated carbocycles. The fraction of sp³-hybridized carbons (Fsp3) is 0.344. The summed E-state index contributed by atoms with van der Waals surface area (Å²) in [5.74, 6) is -0.729. The quantitative estimate of drug-likeness (QED) is 0.247. The molecule has 214 valence electrons. The Labute approximate surface area is 241 Å². The van der Waals surface area contributed by atoms with Crippen molar-refractivity contribution >= 4 is 61.5 Å². The van der Waals surface area contributed by atoms with Crippen LogP contribution in [0.2, 0.25) is 0 Å². The van der Waals surface area contributed by atoms with Crippen molar-refractivity contribution in [1.29, 1.82) is 0 Å². The van der Waals surface area contributed by atoms with Gasteiger partial charge >= 0.3 is 6.09 Å². The van der Waals surface area contributed by atoms with Crippen molar-refractivity contribution in [3.63, 3.8) is 0 Å². The Balaban J connectivity index is 1.20. The predicted molar refractivity (Wildman–Crippen MR) is 159 cm³/mol. The molecule has 1 fully saturated rings. The van der Waals surface area contributed by atoms with Gasteiger partial charge in [-0.25, -0.2) is 4.79 Å². The number of ether oxygens (including phenoxy) is 2. The SMILES string of the molecule is O=C(NCCCN1CCOCC1)OC1CCn2c3ccccc3c3c4c(c5c6ccccc6n(c5c32)C1)C(=O)NC4=O. The molecule has 0 aliphatic carbocycles. The summed E-state index contributed by atoms with van der Waals surface area (Å²) >= 11 is 0. The van der Waals surface area contributed by atoms with E-state index in [-0.39, 0.29) is 11.8 Å². The number of nitrogens with one attached hydrogen (secondary N) is 2. The normalized spacial score (nSPS) is 19.0. The van der Waals surface area contributed by atoms with Crippen LogP contribution in [0.4, 0.5) is 4.79 Å². The van der Waals surface area contributed by atoms with Crippen molar-refractivity contribution in [1.82, 2.24) is 24.7 Å². The average Bonchev–Trinajstić information content (AvgIpc) is 3.60. The Morgan fingerprint density at radius 3 is 2.19 bits per heavy atom. The first kappa shape index (κ1) is 25.3. The smallest absolute Gasteiger partial charge is 0.407 e. The summed E-state index contributed by atoms with van der Waals surface area (Å²) in [6, 6.07) is 16.0. The molecule has 0 radical (unpaired) electrons. The number of aromatic nitrogens is 2. The minimum Gasteiger partial charge on any atom is -0.444 e. The number of aryl methyl sites for hydroxylation is 1. The number of fused-ring (bicyclic) bond motifs is 9. The fourth-order valence-electron chi connectivity index (χ4n) is 7.13. The van der Waals surface area contributed by atoms with Gasteiger partial charge < -0.3 is 23.9 Å². The number of alkyl carbamates (subject to hydrolysis) is 1. The molecular weight excluding hydrogens is 534 g/mol. The Kier molecular flexibility index (Phi) is 5.94. The molecule has 3 aromatic carbocycles. The van der Waals surface area contributed by atoms with Crippen molar-refractivity contribution in [2.75, 3.05) is 39.4 Å². The molecule has 42 heavy (non-hydrogen) atoms. The van der Waals surface area contributed by atoms with Gasteiger partial charge in [-0.1, -0.05) is 36.4 Å². The zero-order valence-electron chi connectivity index (χ0n) is 23.2. The van der Waals surface area contributed by atoms with Gasteiger partial charge in [0.2, 0.25) is 0 Å². The third-order valence-electron chi connectivity index (χ3n) is 8.96. The van der Waals surface area contributed by atoms with E-state index >= 15 is 0 Å². The van der Waals surface area contributed by atoms with E-state index in [0.717, 1.165) is 82.9 Å². The second-order valence-electron chi connectivity index (χ2n) is 11.3. The number of carbonyl (C=O) groups is 3. The summed E-state index contributed by atoms with van der Waals surface area (Å²) in [4.78, 5) is 41.9. The van der Waals surface area contributed by atoms with Crippen molar-refractivity contribution in [3.8, 4) is 0 Å². The highest BCUT2D eigenvalue weighted by molar-refractivity contribution is 6.39. The Morgan fingerprint density at radius 2 is 1.50 bits per heavy atom. The number of benzene rings is 3. The Bertz CT molecular complexity index is 1930. The first-order valence-electron chi connectivity index (χ1n) is 14.7. The van der Waals surface area contributed by atoms with E-state index in [0.29, 0.717) is 37.2 Å². The van der Waals surface area contributed by atoms with Crippen LogP contribution in [0.3, 0.4) is 0 Å². The maximum absolute atomic E-state index is 13.3. The Hall–Kier alpha value is -4.41. The van der Waals surface area contributed by atoms with Gasteiger partial charge in [-0.2, -0.15) is 0 Å². The number of hydrogen-bond acceptors (Lipinski definition) is 6. The highest BCUT2D eigenvalue weighted by atomic mass is 16.6. The monoisotopic (exact) mass is 565 g/mol. The summed E-state index contributed by atoms with van der Waals surface area (Å²) in [6.45, 7) is 5.86. The molecule has 5 heterocycles. The number of morpholine rings is 1. The van der Waals surface area contributed by atoms with E-state index in [9.17, 15) is 14.4 Å². The van der Waals surface area contributed by atoms with Gasteiger partial charge in [0, 0.05) is 65.2 Å². The van der Waals surface area contributed by atoms with Gasteiger partial charge in [-0.3, -0.25) is 19.8 Å². The molecule has 3 aliphatic heterocycles. The molecule has 1 saturated heterocycles. The predicted octanol–water partition coefficient (Wildman–Crippen LogP) is 4.01. The van der Waals surface area contributed by atoms with E-state index < -0.39 is 12.2 Å². The maximum Gasteiger partial charge on any atom is 0.407 e. The van der Waals surface area contributed by atoms with E-state index in [2.05, 4.69) is 24.7 Å². The van der Waals surface area contributed by atoms with Crippen LogP contribution >= 0.6 is 0 Å². The van der Waals surface area contributed by atoms with Crippen LogP contribution in [0.15, 0.2) is 48.5 Å². The van der Waals surface area contributed by atoms with Crippen molar-refractivity contribution in [2.45, 2.75) is 32.0 Å². The number of rotatable bonds is 5. The van der Waals surface area contributed by atoms with E-state index in [1.54, 1.807) is 0 Å². The fourth-order valence-corrected chi connectivity index (χ4v) is 7.13. The summed E-state index contributed by atoms with van der Waals surface area (Å²) in [5, 5.41) is 8.92. The minimum atomic E-state index is -0.420. The molecule has 3 amide bonds. The summed E-state index contributed by atoms with van der Waals surface area (Å²) < 4.78 is 15.9. The zero-order chi connectivity index (χ0) is 28.4. The molecule has 10 nitrogen and oxygen atoms in total. The zero-order valence-corrected chi connectivity index (χ0v) is 23.2. The average molecular weight is 566 g/mol. The molecule has 10 heteroatoms. The van der Waals surface area contributed by atoms with Crippen molar-refractivity contribution in [2.24, 2.45) is 0 Å². The number of para-hydroxylation sites is 2. The lowest BCUT2D eigenvalue weighted by atomic mass is 9.96. The number of carbonyl (C=O) groups excluding carboxylic acids is 3. The number of nitrogens with zero attached hydrogens (tertiary/aromatic N) is 3. The standard InChI is InChI=1S/C32H31N5O5/c38-30-26-24-20-6-1-3-8-22(20)36-13-10-19(42-32(40)33-11-5-12-35-14-16-41-17-15-35)18-37-23-9-4-2-7-21(23)25(29(37)28(24)36)27(26)31(39)34-30/h1-4,6-9,19H,5,10-18H2,(H,33,40)(H,34,38,39). The van der Waals surface area contributed by atoms with Crippen LogP contribution in [0.5, 0.6) is 0 Å². The lowest BCUT2D eigenvalue weighted by Crippen LogP contribution is -2.38. The molecule has 0 spiro atoms. The maximum atomic E-state index is 13.3. The van der Waals surface area contributed by atoms with Gasteiger partial charge in [-0.15, -0.1) is 0 Å². The van der Waals surface area contributed by atoms with Crippen LogP contribution in [0, 0.1) is 0 Å². The number of hydrogen-bond donors (Lipinski definition) is 2. The molecule has 1 atom stereocenters. The molecule has 8 rings (SSSR count). The summed E-state index contributed by atoms with van der Waals surface area (Å²) in [6.07, 6.45) is 0.632. The highest BCUT2D eigenvalue weighted by Gasteiger charge is 2.37. The largest absolute Gasteiger partial charge is 0.444 e. The van der Waals surface area contributed by atoms with Gasteiger partial charge in [0.25, 0.3) is 11.8 Å². The van der Waals surface area contributed by atoms with Gasteiger partial charge in [-0.05, 0) is 25.1 Å². The second kappa shape index (κ2) is 9.85. The van der Waals surface area contributed by atoms with Crippen LogP contribution < -0.4 is 10.6 Å². The van der Waals surface area contributed by atoms with E-state index in [1.807, 2.05) is 48.5 Å². The molecular formula is C32H31N5O5. The first-order valence-corrected chi connectivity index (χ1v) is 14.7. The van der Waals surface area contributed by atoms with Gasteiger partial charge in [0.15, 0.2) is 0 Å². The molecule has 0 bridgehead atoms. The summed E-state index contributed by atoms with van der Waals surface area (Å²) in [7, 11) is 0. The first-order chi connectivity index (χ1) is 20.6. The minimum absolute atomic E-state index is 0.356. The second-order valence-corrected chi connectivity index (χ2v) is 11.3. The van der Waals surface area contributed by atoms with Crippen LogP contribution in [0.1, 0.15) is 33.6 Å². The van der Waals surface area contributed by atoms with Crippen LogP contribution in [0.25, 0.3) is 43.6 Å². The van der Waals surface area contributed by atoms with Crippen LogP contribution in [-0.2, 0) is 22.6 Å². The van der Waals surface area contributed by atoms with Crippen molar-refractivity contribution < 1.29 is 23.9 Å². The topological polar surface area (TPSA) is 107 Å². The molecule has 1 unspecified atom stereocenters. The highest BCUT2D eigenvalue weighted by Crippen LogP contribution is 2.45. The molecule has 5 aromatic rings. The molecule has 2 aromatic heterocycles. The van der Waals surface area contributed by atoms with Crippen molar-refractivity contribution in [3.05, 3.63) is 59.7 Å². The molecule has 3 aliphatic rings.